The van der Waals surface area contributed by atoms with Gasteiger partial charge < -0.3 is 5.32 Å². The van der Waals surface area contributed by atoms with Crippen LogP contribution in [0, 0.1) is 0 Å². The number of alkyl halides is 6. The Morgan fingerprint density at radius 3 is 2.00 bits per heavy atom. The van der Waals surface area contributed by atoms with Gasteiger partial charge in [-0.25, -0.2) is 13.2 Å². The fraction of sp³-hybridized carbons (Fsp3) is 0.400. The van der Waals surface area contributed by atoms with Crippen molar-refractivity contribution in [2.75, 3.05) is 12.4 Å². The number of anilines is 1. The zero-order valence-corrected chi connectivity index (χ0v) is 8.65. The van der Waals surface area contributed by atoms with Crippen molar-refractivity contribution < 1.29 is 26.3 Å². The molecule has 0 saturated carbocycles. The van der Waals surface area contributed by atoms with Gasteiger partial charge in [-0.2, -0.15) is 13.2 Å². The number of nitrogens with one attached hydrogen (secondary N) is 1. The number of halogens is 6. The lowest BCUT2D eigenvalue weighted by atomic mass is 9.93. The molecular formula is C10H9F6N. The van der Waals surface area contributed by atoms with Gasteiger partial charge in [0.2, 0.25) is 0 Å². The van der Waals surface area contributed by atoms with Gasteiger partial charge in [-0.05, 0) is 6.07 Å². The van der Waals surface area contributed by atoms with E-state index in [9.17, 15) is 26.3 Å². The number of hydrogen-bond acceptors (Lipinski definition) is 1. The van der Waals surface area contributed by atoms with E-state index in [0.717, 1.165) is 12.1 Å². The van der Waals surface area contributed by atoms with Crippen LogP contribution in [0.15, 0.2) is 24.3 Å². The summed E-state index contributed by atoms with van der Waals surface area (Å²) in [7, 11) is 1.22. The smallest absolute Gasteiger partial charge is 0.388 e. The Balaban J connectivity index is 3.43. The minimum absolute atomic E-state index is 0.326. The summed E-state index contributed by atoms with van der Waals surface area (Å²) in [6.45, 7) is 0. The quantitative estimate of drug-likeness (QED) is 0.814. The first-order valence-electron chi connectivity index (χ1n) is 4.56. The second kappa shape index (κ2) is 4.46. The molecule has 0 aliphatic carbocycles. The van der Waals surface area contributed by atoms with Crippen LogP contribution in [-0.4, -0.2) is 19.6 Å². The Morgan fingerprint density at radius 2 is 1.59 bits per heavy atom. The molecule has 0 amide bonds. The SMILES string of the molecule is CNc1ccccc1C(F)(C(F)F)C(F)(F)F. The zero-order valence-electron chi connectivity index (χ0n) is 8.65. The summed E-state index contributed by atoms with van der Waals surface area (Å²) in [5, 5.41) is 2.25. The van der Waals surface area contributed by atoms with Crippen molar-refractivity contribution in [3.8, 4) is 0 Å². The number of rotatable bonds is 3. The van der Waals surface area contributed by atoms with E-state index >= 15 is 0 Å². The zero-order chi connectivity index (χ0) is 13.3. The summed E-state index contributed by atoms with van der Waals surface area (Å²) in [5.41, 5.74) is -6.12. The minimum Gasteiger partial charge on any atom is -0.388 e. The molecule has 1 aromatic carbocycles. The van der Waals surface area contributed by atoms with Crippen molar-refractivity contribution in [2.24, 2.45) is 0 Å². The molecule has 1 nitrogen and oxygen atoms in total. The number of para-hydroxylation sites is 1. The molecule has 1 atom stereocenters. The van der Waals surface area contributed by atoms with Crippen LogP contribution in [0.2, 0.25) is 0 Å². The lowest BCUT2D eigenvalue weighted by molar-refractivity contribution is -0.274. The molecule has 0 aliphatic heterocycles. The molecule has 0 aromatic heterocycles. The first-order valence-corrected chi connectivity index (χ1v) is 4.56. The van der Waals surface area contributed by atoms with Crippen molar-refractivity contribution in [3.63, 3.8) is 0 Å². The molecule has 1 rings (SSSR count). The molecular weight excluding hydrogens is 248 g/mol. The lowest BCUT2D eigenvalue weighted by Crippen LogP contribution is -2.44. The average molecular weight is 257 g/mol. The standard InChI is InChI=1S/C10H9F6N/c1-17-7-5-3-2-4-6(7)9(13,8(11)12)10(14,15)16/h2-5,8,17H,1H3. The van der Waals surface area contributed by atoms with Crippen molar-refractivity contribution in [1.29, 1.82) is 0 Å². The molecule has 1 N–H and O–H groups in total. The van der Waals surface area contributed by atoms with Crippen molar-refractivity contribution in [1.82, 2.24) is 0 Å². The van der Waals surface area contributed by atoms with Crippen molar-refractivity contribution in [3.05, 3.63) is 29.8 Å². The van der Waals surface area contributed by atoms with Gasteiger partial charge in [-0.15, -0.1) is 0 Å². The topological polar surface area (TPSA) is 12.0 Å². The fourth-order valence-electron chi connectivity index (χ4n) is 1.41. The number of benzene rings is 1. The van der Waals surface area contributed by atoms with Gasteiger partial charge in [-0.1, -0.05) is 18.2 Å². The molecule has 0 fully saturated rings. The molecule has 0 aliphatic rings. The maximum absolute atomic E-state index is 13.7. The molecule has 1 aromatic rings. The van der Waals surface area contributed by atoms with Crippen LogP contribution in [0.25, 0.3) is 0 Å². The molecule has 0 spiro atoms. The summed E-state index contributed by atoms with van der Waals surface area (Å²) >= 11 is 0. The van der Waals surface area contributed by atoms with Gasteiger partial charge in [0.15, 0.2) is 0 Å². The first kappa shape index (κ1) is 13.7. The van der Waals surface area contributed by atoms with Gasteiger partial charge in [0.1, 0.15) is 0 Å². The van der Waals surface area contributed by atoms with Gasteiger partial charge in [0.25, 0.3) is 12.1 Å². The van der Waals surface area contributed by atoms with E-state index in [2.05, 4.69) is 5.32 Å². The molecule has 96 valence electrons. The predicted octanol–water partition coefficient (Wildman–Crippen LogP) is 3.72. The van der Waals surface area contributed by atoms with Crippen LogP contribution in [0.5, 0.6) is 0 Å². The van der Waals surface area contributed by atoms with Gasteiger partial charge in [-0.3, -0.25) is 0 Å². The summed E-state index contributed by atoms with van der Waals surface area (Å²) in [6.07, 6.45) is -9.88. The van der Waals surface area contributed by atoms with Crippen LogP contribution in [-0.2, 0) is 5.67 Å². The lowest BCUT2D eigenvalue weighted by Gasteiger charge is -2.29. The van der Waals surface area contributed by atoms with E-state index in [1.807, 2.05) is 0 Å². The highest BCUT2D eigenvalue weighted by Crippen LogP contribution is 2.48. The Kier molecular flexibility index (Phi) is 3.59. The predicted molar refractivity (Wildman–Crippen MR) is 50.8 cm³/mol. The van der Waals surface area contributed by atoms with Gasteiger partial charge >= 0.3 is 6.18 Å². The first-order chi connectivity index (χ1) is 7.75. The highest BCUT2D eigenvalue weighted by atomic mass is 19.4. The Bertz CT molecular complexity index is 389. The Labute approximate surface area is 93.4 Å². The number of hydrogen-bond donors (Lipinski definition) is 1. The second-order valence-electron chi connectivity index (χ2n) is 3.31. The van der Waals surface area contributed by atoms with Crippen molar-refractivity contribution in [2.45, 2.75) is 18.3 Å². The molecule has 0 heterocycles. The summed E-state index contributed by atoms with van der Waals surface area (Å²) in [6, 6.07) is 4.17. The molecule has 0 saturated heterocycles. The molecule has 1 unspecified atom stereocenters. The van der Waals surface area contributed by atoms with E-state index in [0.29, 0.717) is 6.07 Å². The molecule has 7 heteroatoms. The van der Waals surface area contributed by atoms with Crippen LogP contribution in [0.1, 0.15) is 5.56 Å². The van der Waals surface area contributed by atoms with Crippen LogP contribution >= 0.6 is 0 Å². The normalized spacial score (nSPS) is 15.8. The van der Waals surface area contributed by atoms with Crippen molar-refractivity contribution >= 4 is 5.69 Å². The van der Waals surface area contributed by atoms with E-state index in [1.165, 1.54) is 13.1 Å². The third-order valence-corrected chi connectivity index (χ3v) is 2.30. The van der Waals surface area contributed by atoms with E-state index in [4.69, 9.17) is 0 Å². The highest BCUT2D eigenvalue weighted by molar-refractivity contribution is 5.54. The van der Waals surface area contributed by atoms with E-state index in [1.54, 1.807) is 0 Å². The molecule has 0 radical (unpaired) electrons. The Hall–Kier alpha value is -1.40. The fourth-order valence-corrected chi connectivity index (χ4v) is 1.41. The Morgan fingerprint density at radius 1 is 1.06 bits per heavy atom. The molecule has 17 heavy (non-hydrogen) atoms. The van der Waals surface area contributed by atoms with Crippen LogP contribution in [0.3, 0.4) is 0 Å². The van der Waals surface area contributed by atoms with Crippen LogP contribution < -0.4 is 5.32 Å². The average Bonchev–Trinajstić information content (AvgIpc) is 2.26. The maximum Gasteiger partial charge on any atom is 0.432 e. The largest absolute Gasteiger partial charge is 0.432 e. The van der Waals surface area contributed by atoms with Crippen LogP contribution in [0.4, 0.5) is 32.0 Å². The molecule has 0 bridgehead atoms. The van der Waals surface area contributed by atoms with E-state index in [-0.39, 0.29) is 5.69 Å². The maximum atomic E-state index is 13.7. The monoisotopic (exact) mass is 257 g/mol. The van der Waals surface area contributed by atoms with Gasteiger partial charge in [0, 0.05) is 18.3 Å². The third-order valence-electron chi connectivity index (χ3n) is 2.30. The summed E-state index contributed by atoms with van der Waals surface area (Å²) < 4.78 is 76.0. The van der Waals surface area contributed by atoms with E-state index < -0.39 is 23.8 Å². The third kappa shape index (κ3) is 2.18. The summed E-state index contributed by atoms with van der Waals surface area (Å²) in [5.74, 6) is 0. The second-order valence-corrected chi connectivity index (χ2v) is 3.31. The highest BCUT2D eigenvalue weighted by Gasteiger charge is 2.64. The summed E-state index contributed by atoms with van der Waals surface area (Å²) in [4.78, 5) is 0. The van der Waals surface area contributed by atoms with Gasteiger partial charge in [0.05, 0.1) is 0 Å². The minimum atomic E-state index is -5.69.